The Hall–Kier alpha value is -1.42. The summed E-state index contributed by atoms with van der Waals surface area (Å²) < 4.78 is 0. The maximum Gasteiger partial charge on any atom is 0.229 e. The molecule has 1 saturated heterocycles. The number of hydrogen-bond donors (Lipinski definition) is 0. The molecule has 4 nitrogen and oxygen atoms in total. The van der Waals surface area contributed by atoms with Crippen LogP contribution < -0.4 is 0 Å². The highest BCUT2D eigenvalue weighted by Crippen LogP contribution is 2.42. The molecule has 0 N–H and O–H groups in total. The van der Waals surface area contributed by atoms with E-state index in [2.05, 4.69) is 17.0 Å². The van der Waals surface area contributed by atoms with Gasteiger partial charge in [-0.1, -0.05) is 30.3 Å². The average Bonchev–Trinajstić information content (AvgIpc) is 3.12. The molecule has 1 heterocycles. The number of benzene rings is 1. The molecular formula is C14H18N2O2. The van der Waals surface area contributed by atoms with Crippen molar-refractivity contribution in [1.82, 2.24) is 4.90 Å². The van der Waals surface area contributed by atoms with E-state index in [0.29, 0.717) is 12.5 Å². The monoisotopic (exact) mass is 246 g/mol. The predicted molar refractivity (Wildman–Crippen MR) is 68.7 cm³/mol. The van der Waals surface area contributed by atoms with Crippen molar-refractivity contribution in [2.75, 3.05) is 13.1 Å². The molecule has 1 aromatic carbocycles. The van der Waals surface area contributed by atoms with E-state index in [-0.39, 0.29) is 16.9 Å². The Balaban J connectivity index is 1.66. The molecule has 0 aromatic heterocycles. The number of likely N-dealkylation sites (tertiary alicyclic amines) is 1. The summed E-state index contributed by atoms with van der Waals surface area (Å²) in [5.74, 6) is 0.893. The van der Waals surface area contributed by atoms with Crippen LogP contribution in [0.5, 0.6) is 0 Å². The fraction of sp³-hybridized carbons (Fsp3) is 0.571. The van der Waals surface area contributed by atoms with Crippen LogP contribution in [0.15, 0.2) is 30.3 Å². The van der Waals surface area contributed by atoms with Crippen LogP contribution in [-0.4, -0.2) is 29.0 Å². The van der Waals surface area contributed by atoms with Crippen molar-refractivity contribution in [2.24, 2.45) is 11.8 Å². The average molecular weight is 246 g/mol. The van der Waals surface area contributed by atoms with Crippen LogP contribution in [0.2, 0.25) is 0 Å². The van der Waals surface area contributed by atoms with Crippen LogP contribution in [0.3, 0.4) is 0 Å². The van der Waals surface area contributed by atoms with Crippen molar-refractivity contribution < 1.29 is 4.92 Å². The highest BCUT2D eigenvalue weighted by molar-refractivity contribution is 5.15. The first kappa shape index (κ1) is 11.7. The van der Waals surface area contributed by atoms with Gasteiger partial charge in [0.1, 0.15) is 0 Å². The van der Waals surface area contributed by atoms with Gasteiger partial charge in [0.25, 0.3) is 0 Å². The van der Waals surface area contributed by atoms with E-state index in [4.69, 9.17) is 0 Å². The molecule has 96 valence electrons. The molecule has 2 aliphatic rings. The molecule has 1 aliphatic heterocycles. The summed E-state index contributed by atoms with van der Waals surface area (Å²) in [4.78, 5) is 13.3. The van der Waals surface area contributed by atoms with E-state index < -0.39 is 0 Å². The lowest BCUT2D eigenvalue weighted by Crippen LogP contribution is -2.29. The number of rotatable bonds is 4. The van der Waals surface area contributed by atoms with Gasteiger partial charge in [-0.2, -0.15) is 0 Å². The van der Waals surface area contributed by atoms with Crippen molar-refractivity contribution in [3.8, 4) is 0 Å². The summed E-state index contributed by atoms with van der Waals surface area (Å²) in [5, 5.41) is 11.1. The Morgan fingerprint density at radius 2 is 1.94 bits per heavy atom. The third kappa shape index (κ3) is 2.38. The van der Waals surface area contributed by atoms with Crippen molar-refractivity contribution >= 4 is 0 Å². The Morgan fingerprint density at radius 1 is 1.22 bits per heavy atom. The van der Waals surface area contributed by atoms with E-state index >= 15 is 0 Å². The summed E-state index contributed by atoms with van der Waals surface area (Å²) in [6, 6.07) is 9.88. The Bertz CT molecular complexity index is 431. The molecule has 2 fully saturated rings. The first-order chi connectivity index (χ1) is 8.74. The molecule has 0 bridgehead atoms. The van der Waals surface area contributed by atoms with Crippen LogP contribution in [0.4, 0.5) is 0 Å². The summed E-state index contributed by atoms with van der Waals surface area (Å²) >= 11 is 0. The maximum atomic E-state index is 11.1. The SMILES string of the molecule is O=[N+]([O-])[C@H]1CN(Cc2ccccc2)C[C@@H]1C1CC1. The smallest absolute Gasteiger partial charge is 0.229 e. The predicted octanol–water partition coefficient (Wildman–Crippen LogP) is 2.17. The van der Waals surface area contributed by atoms with Gasteiger partial charge in [-0.3, -0.25) is 15.0 Å². The van der Waals surface area contributed by atoms with Crippen molar-refractivity contribution in [2.45, 2.75) is 25.4 Å². The molecule has 18 heavy (non-hydrogen) atoms. The zero-order valence-corrected chi connectivity index (χ0v) is 10.4. The molecule has 0 spiro atoms. The van der Waals surface area contributed by atoms with Crippen LogP contribution in [0.25, 0.3) is 0 Å². The molecule has 1 aromatic rings. The van der Waals surface area contributed by atoms with Gasteiger partial charge in [-0.05, 0) is 24.3 Å². The number of hydrogen-bond acceptors (Lipinski definition) is 3. The third-order valence-electron chi connectivity index (χ3n) is 4.16. The first-order valence-electron chi connectivity index (χ1n) is 6.64. The second-order valence-corrected chi connectivity index (χ2v) is 5.53. The Morgan fingerprint density at radius 3 is 2.56 bits per heavy atom. The van der Waals surface area contributed by atoms with Gasteiger partial charge in [-0.25, -0.2) is 0 Å². The van der Waals surface area contributed by atoms with Gasteiger partial charge in [0.2, 0.25) is 6.04 Å². The fourth-order valence-corrected chi connectivity index (χ4v) is 3.08. The highest BCUT2D eigenvalue weighted by Gasteiger charge is 2.48. The summed E-state index contributed by atoms with van der Waals surface area (Å²) in [6.07, 6.45) is 2.38. The second-order valence-electron chi connectivity index (χ2n) is 5.53. The van der Waals surface area contributed by atoms with E-state index in [0.717, 1.165) is 13.1 Å². The van der Waals surface area contributed by atoms with E-state index in [1.54, 1.807) is 0 Å². The number of nitro groups is 1. The minimum atomic E-state index is -0.346. The maximum absolute atomic E-state index is 11.1. The number of nitrogens with zero attached hydrogens (tertiary/aromatic N) is 2. The van der Waals surface area contributed by atoms with E-state index in [1.165, 1.54) is 18.4 Å². The molecule has 0 unspecified atom stereocenters. The molecule has 2 atom stereocenters. The zero-order valence-electron chi connectivity index (χ0n) is 10.4. The quantitative estimate of drug-likeness (QED) is 0.604. The first-order valence-corrected chi connectivity index (χ1v) is 6.64. The van der Waals surface area contributed by atoms with Crippen LogP contribution in [-0.2, 0) is 6.54 Å². The summed E-state index contributed by atoms with van der Waals surface area (Å²) in [7, 11) is 0. The molecule has 1 saturated carbocycles. The Kier molecular flexibility index (Phi) is 3.04. The third-order valence-corrected chi connectivity index (χ3v) is 4.16. The zero-order chi connectivity index (χ0) is 12.5. The lowest BCUT2D eigenvalue weighted by atomic mass is 9.99. The van der Waals surface area contributed by atoms with E-state index in [9.17, 15) is 10.1 Å². The van der Waals surface area contributed by atoms with Crippen LogP contribution >= 0.6 is 0 Å². The van der Waals surface area contributed by atoms with E-state index in [1.807, 2.05) is 18.2 Å². The molecule has 0 radical (unpaired) electrons. The van der Waals surface area contributed by atoms with Gasteiger partial charge in [0, 0.05) is 23.9 Å². The molecule has 1 aliphatic carbocycles. The van der Waals surface area contributed by atoms with Crippen molar-refractivity contribution in [3.05, 3.63) is 46.0 Å². The standard InChI is InChI=1S/C14H18N2O2/c17-16(18)14-10-15(9-13(14)12-6-7-12)8-11-4-2-1-3-5-11/h1-5,12-14H,6-10H2/t13-,14+/m1/s1. The summed E-state index contributed by atoms with van der Waals surface area (Å²) in [5.41, 5.74) is 1.25. The molecule has 3 rings (SSSR count). The normalized spacial score (nSPS) is 28.4. The van der Waals surface area contributed by atoms with Crippen molar-refractivity contribution in [3.63, 3.8) is 0 Å². The Labute approximate surface area is 107 Å². The lowest BCUT2D eigenvalue weighted by molar-refractivity contribution is -0.526. The van der Waals surface area contributed by atoms with Gasteiger partial charge in [0.05, 0.1) is 6.54 Å². The van der Waals surface area contributed by atoms with Gasteiger partial charge < -0.3 is 0 Å². The summed E-state index contributed by atoms with van der Waals surface area (Å²) in [6.45, 7) is 2.35. The van der Waals surface area contributed by atoms with Gasteiger partial charge in [-0.15, -0.1) is 0 Å². The van der Waals surface area contributed by atoms with Crippen LogP contribution in [0.1, 0.15) is 18.4 Å². The van der Waals surface area contributed by atoms with Crippen molar-refractivity contribution in [1.29, 1.82) is 0 Å². The van der Waals surface area contributed by atoms with Crippen LogP contribution in [0, 0.1) is 22.0 Å². The molecule has 0 amide bonds. The topological polar surface area (TPSA) is 46.4 Å². The largest absolute Gasteiger partial charge is 0.292 e. The second kappa shape index (κ2) is 4.69. The molecular weight excluding hydrogens is 228 g/mol. The fourth-order valence-electron chi connectivity index (χ4n) is 3.08. The lowest BCUT2D eigenvalue weighted by Gasteiger charge is -2.14. The van der Waals surface area contributed by atoms with Gasteiger partial charge in [0.15, 0.2) is 0 Å². The minimum Gasteiger partial charge on any atom is -0.292 e. The van der Waals surface area contributed by atoms with Gasteiger partial charge >= 0.3 is 0 Å². The highest BCUT2D eigenvalue weighted by atomic mass is 16.6. The molecule has 4 heteroatoms. The minimum absolute atomic E-state index is 0.0615.